The van der Waals surface area contributed by atoms with Gasteiger partial charge in [-0.1, -0.05) is 6.92 Å². The predicted octanol–water partition coefficient (Wildman–Crippen LogP) is 1.89. The molecule has 0 radical (unpaired) electrons. The van der Waals surface area contributed by atoms with Crippen molar-refractivity contribution in [3.05, 3.63) is 23.8 Å². The number of ether oxygens (including phenoxy) is 2. The van der Waals surface area contributed by atoms with E-state index in [2.05, 4.69) is 23.2 Å². The lowest BCUT2D eigenvalue weighted by atomic mass is 10.1. The summed E-state index contributed by atoms with van der Waals surface area (Å²) in [4.78, 5) is 2.50. The molecule has 2 rings (SSSR count). The van der Waals surface area contributed by atoms with E-state index < -0.39 is 0 Å². The Labute approximate surface area is 115 Å². The SMILES string of the molecule is CCN(Cc1cc(OC)ccc1OC)C1CCNC1. The Morgan fingerprint density at radius 2 is 2.16 bits per heavy atom. The lowest BCUT2D eigenvalue weighted by Gasteiger charge is -2.27. The molecule has 1 aliphatic heterocycles. The topological polar surface area (TPSA) is 33.7 Å². The first-order valence-electron chi connectivity index (χ1n) is 6.94. The van der Waals surface area contributed by atoms with Gasteiger partial charge in [0.25, 0.3) is 0 Å². The fourth-order valence-electron chi connectivity index (χ4n) is 2.67. The molecule has 1 saturated heterocycles. The molecule has 4 nitrogen and oxygen atoms in total. The van der Waals surface area contributed by atoms with Gasteiger partial charge in [-0.2, -0.15) is 0 Å². The molecule has 1 fully saturated rings. The minimum Gasteiger partial charge on any atom is -0.497 e. The third-order valence-electron chi connectivity index (χ3n) is 3.82. The number of hydrogen-bond donors (Lipinski definition) is 1. The Morgan fingerprint density at radius 1 is 1.32 bits per heavy atom. The van der Waals surface area contributed by atoms with Gasteiger partial charge in [0.1, 0.15) is 11.5 Å². The molecule has 0 spiro atoms. The molecule has 1 N–H and O–H groups in total. The summed E-state index contributed by atoms with van der Waals surface area (Å²) < 4.78 is 10.8. The smallest absolute Gasteiger partial charge is 0.123 e. The van der Waals surface area contributed by atoms with E-state index in [1.165, 1.54) is 12.0 Å². The van der Waals surface area contributed by atoms with Crippen LogP contribution in [0.1, 0.15) is 18.9 Å². The molecule has 0 aromatic heterocycles. The monoisotopic (exact) mass is 264 g/mol. The standard InChI is InChI=1S/C15H24N2O2/c1-4-17(13-7-8-16-10-13)11-12-9-14(18-2)5-6-15(12)19-3/h5-6,9,13,16H,4,7-8,10-11H2,1-3H3. The van der Waals surface area contributed by atoms with Crippen molar-refractivity contribution in [1.82, 2.24) is 10.2 Å². The number of benzene rings is 1. The lowest BCUT2D eigenvalue weighted by molar-refractivity contribution is 0.207. The third kappa shape index (κ3) is 3.39. The molecule has 1 aromatic rings. The molecule has 1 unspecified atom stereocenters. The zero-order valence-electron chi connectivity index (χ0n) is 12.1. The van der Waals surface area contributed by atoms with Crippen LogP contribution in [-0.4, -0.2) is 44.8 Å². The van der Waals surface area contributed by atoms with Gasteiger partial charge in [-0.25, -0.2) is 0 Å². The second-order valence-electron chi connectivity index (χ2n) is 4.89. The first kappa shape index (κ1) is 14.2. The predicted molar refractivity (Wildman–Crippen MR) is 76.9 cm³/mol. The molecule has 106 valence electrons. The van der Waals surface area contributed by atoms with Crippen molar-refractivity contribution in [3.8, 4) is 11.5 Å². The van der Waals surface area contributed by atoms with Crippen LogP contribution in [0.25, 0.3) is 0 Å². The van der Waals surface area contributed by atoms with Crippen molar-refractivity contribution < 1.29 is 9.47 Å². The van der Waals surface area contributed by atoms with Crippen LogP contribution in [0.3, 0.4) is 0 Å². The van der Waals surface area contributed by atoms with Crippen LogP contribution in [-0.2, 0) is 6.54 Å². The third-order valence-corrected chi connectivity index (χ3v) is 3.82. The first-order valence-corrected chi connectivity index (χ1v) is 6.94. The summed E-state index contributed by atoms with van der Waals surface area (Å²) in [6.45, 7) is 6.37. The maximum absolute atomic E-state index is 5.46. The van der Waals surface area contributed by atoms with Gasteiger partial charge < -0.3 is 14.8 Å². The molecule has 1 aromatic carbocycles. The maximum Gasteiger partial charge on any atom is 0.123 e. The Kier molecular flexibility index (Phi) is 5.05. The average molecular weight is 264 g/mol. The molecule has 0 aliphatic carbocycles. The van der Waals surface area contributed by atoms with Crippen LogP contribution < -0.4 is 14.8 Å². The van der Waals surface area contributed by atoms with Gasteiger partial charge in [-0.3, -0.25) is 4.90 Å². The number of methoxy groups -OCH3 is 2. The van der Waals surface area contributed by atoms with Crippen LogP contribution in [0.5, 0.6) is 11.5 Å². The molecule has 0 saturated carbocycles. The second kappa shape index (κ2) is 6.78. The molecular weight excluding hydrogens is 240 g/mol. The van der Waals surface area contributed by atoms with Crippen molar-refractivity contribution >= 4 is 0 Å². The highest BCUT2D eigenvalue weighted by atomic mass is 16.5. The lowest BCUT2D eigenvalue weighted by Crippen LogP contribution is -2.36. The van der Waals surface area contributed by atoms with Gasteiger partial charge in [0.2, 0.25) is 0 Å². The number of rotatable bonds is 6. The molecular formula is C15H24N2O2. The average Bonchev–Trinajstić information content (AvgIpc) is 2.98. The van der Waals surface area contributed by atoms with E-state index in [4.69, 9.17) is 9.47 Å². The largest absolute Gasteiger partial charge is 0.497 e. The van der Waals surface area contributed by atoms with Gasteiger partial charge in [0, 0.05) is 24.7 Å². The minimum absolute atomic E-state index is 0.626. The van der Waals surface area contributed by atoms with Crippen molar-refractivity contribution in [2.75, 3.05) is 33.9 Å². The number of likely N-dealkylation sites (N-methyl/N-ethyl adjacent to an activating group) is 1. The number of hydrogen-bond acceptors (Lipinski definition) is 4. The molecule has 0 bridgehead atoms. The quantitative estimate of drug-likeness (QED) is 0.850. The normalized spacial score (nSPS) is 18.8. The molecule has 1 aliphatic rings. The number of nitrogens with one attached hydrogen (secondary N) is 1. The number of nitrogens with zero attached hydrogens (tertiary/aromatic N) is 1. The highest BCUT2D eigenvalue weighted by molar-refractivity contribution is 5.40. The molecule has 19 heavy (non-hydrogen) atoms. The van der Waals surface area contributed by atoms with Crippen LogP contribution in [0.2, 0.25) is 0 Å². The zero-order chi connectivity index (χ0) is 13.7. The maximum atomic E-state index is 5.46. The summed E-state index contributed by atoms with van der Waals surface area (Å²) in [6, 6.07) is 6.62. The summed E-state index contributed by atoms with van der Waals surface area (Å²) in [5.41, 5.74) is 1.19. The minimum atomic E-state index is 0.626. The Balaban J connectivity index is 2.14. The van der Waals surface area contributed by atoms with E-state index in [0.717, 1.165) is 37.7 Å². The summed E-state index contributed by atoms with van der Waals surface area (Å²) in [6.07, 6.45) is 1.22. The van der Waals surface area contributed by atoms with Crippen molar-refractivity contribution in [2.24, 2.45) is 0 Å². The summed E-state index contributed by atoms with van der Waals surface area (Å²) in [7, 11) is 3.42. The molecule has 0 amide bonds. The van der Waals surface area contributed by atoms with Gasteiger partial charge >= 0.3 is 0 Å². The van der Waals surface area contributed by atoms with Gasteiger partial charge in [-0.15, -0.1) is 0 Å². The fourth-order valence-corrected chi connectivity index (χ4v) is 2.67. The van der Waals surface area contributed by atoms with E-state index in [9.17, 15) is 0 Å². The zero-order valence-corrected chi connectivity index (χ0v) is 12.1. The highest BCUT2D eigenvalue weighted by Gasteiger charge is 2.22. The van der Waals surface area contributed by atoms with Gasteiger partial charge in [0.05, 0.1) is 14.2 Å². The summed E-state index contributed by atoms with van der Waals surface area (Å²) in [5.74, 6) is 1.82. The van der Waals surface area contributed by atoms with Crippen LogP contribution >= 0.6 is 0 Å². The van der Waals surface area contributed by atoms with Crippen LogP contribution in [0, 0.1) is 0 Å². The van der Waals surface area contributed by atoms with Gasteiger partial charge in [-0.05, 0) is 37.7 Å². The highest BCUT2D eigenvalue weighted by Crippen LogP contribution is 2.26. The van der Waals surface area contributed by atoms with Crippen molar-refractivity contribution in [1.29, 1.82) is 0 Å². The Hall–Kier alpha value is -1.26. The Morgan fingerprint density at radius 3 is 2.74 bits per heavy atom. The van der Waals surface area contributed by atoms with Gasteiger partial charge in [0.15, 0.2) is 0 Å². The first-order chi connectivity index (χ1) is 9.28. The van der Waals surface area contributed by atoms with E-state index in [0.29, 0.717) is 6.04 Å². The fraction of sp³-hybridized carbons (Fsp3) is 0.600. The Bertz CT molecular complexity index is 403. The molecule has 1 heterocycles. The molecule has 4 heteroatoms. The second-order valence-corrected chi connectivity index (χ2v) is 4.89. The van der Waals surface area contributed by atoms with E-state index in [1.807, 2.05) is 12.1 Å². The molecule has 1 atom stereocenters. The van der Waals surface area contributed by atoms with Crippen LogP contribution in [0.15, 0.2) is 18.2 Å². The van der Waals surface area contributed by atoms with Crippen LogP contribution in [0.4, 0.5) is 0 Å². The van der Waals surface area contributed by atoms with Crippen molar-refractivity contribution in [2.45, 2.75) is 25.9 Å². The summed E-state index contributed by atoms with van der Waals surface area (Å²) in [5, 5.41) is 3.43. The van der Waals surface area contributed by atoms with Crippen molar-refractivity contribution in [3.63, 3.8) is 0 Å². The summed E-state index contributed by atoms with van der Waals surface area (Å²) >= 11 is 0. The van der Waals surface area contributed by atoms with E-state index in [1.54, 1.807) is 14.2 Å². The van der Waals surface area contributed by atoms with E-state index in [-0.39, 0.29) is 0 Å². The van der Waals surface area contributed by atoms with E-state index >= 15 is 0 Å².